The molecule has 190 valence electrons. The molecule has 0 radical (unpaired) electrons. The normalized spacial score (nSPS) is 19.3. The van der Waals surface area contributed by atoms with E-state index in [1.165, 1.54) is 17.4 Å². The van der Waals surface area contributed by atoms with Crippen LogP contribution in [0.25, 0.3) is 0 Å². The molecule has 2 aromatic carbocycles. The van der Waals surface area contributed by atoms with Gasteiger partial charge in [-0.25, -0.2) is 8.78 Å². The van der Waals surface area contributed by atoms with Gasteiger partial charge in [-0.05, 0) is 29.8 Å². The van der Waals surface area contributed by atoms with Crippen LogP contribution in [0.2, 0.25) is 10.0 Å². The first-order valence-electron chi connectivity index (χ1n) is 9.33. The fourth-order valence-electron chi connectivity index (χ4n) is 3.22. The van der Waals surface area contributed by atoms with Crippen molar-refractivity contribution in [3.63, 3.8) is 0 Å². The molecule has 1 aliphatic carbocycles. The maximum Gasteiger partial charge on any atom is 0.455 e. The van der Waals surface area contributed by atoms with Crippen LogP contribution in [0.4, 0.5) is 36.4 Å². The lowest BCUT2D eigenvalue weighted by molar-refractivity contribution is -0.278. The minimum Gasteiger partial charge on any atom is -0.345 e. The number of carbonyl (C=O) groups excluding carboxylic acids is 2. The van der Waals surface area contributed by atoms with E-state index in [4.69, 9.17) is 46.4 Å². The smallest absolute Gasteiger partial charge is 0.345 e. The summed E-state index contributed by atoms with van der Waals surface area (Å²) in [5.41, 5.74) is -1.43. The predicted molar refractivity (Wildman–Crippen MR) is 115 cm³/mol. The second kappa shape index (κ2) is 9.49. The Kier molecular flexibility index (Phi) is 7.50. The Bertz CT molecular complexity index is 1190. The van der Waals surface area contributed by atoms with Crippen LogP contribution in [0.15, 0.2) is 30.3 Å². The molecule has 1 fully saturated rings. The van der Waals surface area contributed by atoms with Gasteiger partial charge < -0.3 is 10.6 Å². The molecule has 1 aliphatic rings. The number of benzene rings is 2. The Morgan fingerprint density at radius 3 is 2.17 bits per heavy atom. The van der Waals surface area contributed by atoms with Gasteiger partial charge in [-0.1, -0.05) is 29.3 Å². The number of halogens is 11. The summed E-state index contributed by atoms with van der Waals surface area (Å²) >= 11 is 23.8. The topological polar surface area (TPSA) is 58.2 Å². The molecule has 0 heterocycles. The summed E-state index contributed by atoms with van der Waals surface area (Å²) < 4.78 is 89.7. The van der Waals surface area contributed by atoms with Gasteiger partial charge in [0.05, 0.1) is 33.8 Å². The molecular formula is C20H11Cl4F7N2O2. The van der Waals surface area contributed by atoms with Gasteiger partial charge in [0.2, 0.25) is 5.91 Å². The second-order valence-corrected chi connectivity index (χ2v) is 9.72. The third-order valence-corrected chi connectivity index (χ3v) is 6.65. The quantitative estimate of drug-likeness (QED) is 0.292. The third-order valence-electron chi connectivity index (χ3n) is 5.10. The van der Waals surface area contributed by atoms with Crippen molar-refractivity contribution in [2.24, 2.45) is 5.92 Å². The number of nitrogens with one attached hydrogen (secondary N) is 2. The molecule has 1 saturated carbocycles. The standard InChI is InChI=1S/C20H11Cl4F7N2O2/c21-8-2-4-11(15(26)12(8)16(34)32-6-18(27,28)20(29,30)31)33-17(35)14-13(19(14,23)24)7-1-3-10(25)9(22)5-7/h1-5,13-14H,6H2,(H,32,34)(H,33,35)/t13-,14?/m0/s1. The van der Waals surface area contributed by atoms with Gasteiger partial charge in [-0.15, -0.1) is 23.2 Å². The fraction of sp³-hybridized carbons (Fsp3) is 0.300. The zero-order chi connectivity index (χ0) is 26.5. The minimum absolute atomic E-state index is 0.256. The Morgan fingerprint density at radius 2 is 1.60 bits per heavy atom. The van der Waals surface area contributed by atoms with E-state index in [2.05, 4.69) is 5.32 Å². The SMILES string of the molecule is O=C(NCC(F)(F)C(F)(F)F)c1c(Cl)ccc(NC(=O)C2[C@H](c3ccc(F)c(Cl)c3)C2(Cl)Cl)c1F. The largest absolute Gasteiger partial charge is 0.455 e. The average molecular weight is 586 g/mol. The Balaban J connectivity index is 1.79. The Labute approximate surface area is 212 Å². The summed E-state index contributed by atoms with van der Waals surface area (Å²) in [7, 11) is 0. The van der Waals surface area contributed by atoms with Gasteiger partial charge in [0.25, 0.3) is 5.91 Å². The maximum absolute atomic E-state index is 14.9. The van der Waals surface area contributed by atoms with Crippen molar-refractivity contribution >= 4 is 63.9 Å². The van der Waals surface area contributed by atoms with E-state index in [9.17, 15) is 40.3 Å². The number of hydrogen-bond donors (Lipinski definition) is 2. The van der Waals surface area contributed by atoms with Crippen LogP contribution in [-0.4, -0.2) is 34.8 Å². The summed E-state index contributed by atoms with van der Waals surface area (Å²) in [5.74, 6) is -12.2. The van der Waals surface area contributed by atoms with Crippen LogP contribution in [0, 0.1) is 17.6 Å². The summed E-state index contributed by atoms with van der Waals surface area (Å²) in [6.07, 6.45) is -5.95. The van der Waals surface area contributed by atoms with Crippen LogP contribution in [0.5, 0.6) is 0 Å². The number of carbonyl (C=O) groups is 2. The lowest BCUT2D eigenvalue weighted by Crippen LogP contribution is -2.47. The molecule has 15 heteroatoms. The molecule has 1 unspecified atom stereocenters. The zero-order valence-electron chi connectivity index (χ0n) is 16.7. The van der Waals surface area contributed by atoms with Crippen molar-refractivity contribution in [2.75, 3.05) is 11.9 Å². The van der Waals surface area contributed by atoms with E-state index in [1.807, 2.05) is 0 Å². The van der Waals surface area contributed by atoms with E-state index in [1.54, 1.807) is 0 Å². The van der Waals surface area contributed by atoms with Gasteiger partial charge in [0, 0.05) is 5.92 Å². The summed E-state index contributed by atoms with van der Waals surface area (Å²) in [4.78, 5) is 24.8. The van der Waals surface area contributed by atoms with Crippen molar-refractivity contribution in [3.8, 4) is 0 Å². The minimum atomic E-state index is -5.95. The molecule has 2 aromatic rings. The fourth-order valence-corrected chi connectivity index (χ4v) is 4.47. The van der Waals surface area contributed by atoms with E-state index in [0.717, 1.165) is 18.2 Å². The predicted octanol–water partition coefficient (Wildman–Crippen LogP) is 6.73. The average Bonchev–Trinajstić information content (AvgIpc) is 3.32. The highest BCUT2D eigenvalue weighted by molar-refractivity contribution is 6.53. The highest BCUT2D eigenvalue weighted by atomic mass is 35.5. The number of amides is 2. The summed E-state index contributed by atoms with van der Waals surface area (Å²) in [6, 6.07) is 5.36. The monoisotopic (exact) mass is 584 g/mol. The molecule has 2 N–H and O–H groups in total. The molecule has 0 aromatic heterocycles. The van der Waals surface area contributed by atoms with Crippen molar-refractivity contribution in [1.82, 2.24) is 5.32 Å². The summed E-state index contributed by atoms with van der Waals surface area (Å²) in [6.45, 7) is -2.17. The Morgan fingerprint density at radius 1 is 0.971 bits per heavy atom. The highest BCUT2D eigenvalue weighted by Gasteiger charge is 2.67. The zero-order valence-corrected chi connectivity index (χ0v) is 19.7. The van der Waals surface area contributed by atoms with Crippen LogP contribution < -0.4 is 10.6 Å². The van der Waals surface area contributed by atoms with Gasteiger partial charge in [-0.2, -0.15) is 22.0 Å². The molecule has 2 atom stereocenters. The molecule has 0 bridgehead atoms. The first kappa shape index (κ1) is 27.6. The molecule has 2 amide bonds. The van der Waals surface area contributed by atoms with E-state index >= 15 is 0 Å². The molecule has 0 spiro atoms. The van der Waals surface area contributed by atoms with Crippen molar-refractivity contribution < 1.29 is 40.3 Å². The van der Waals surface area contributed by atoms with Crippen LogP contribution in [0.3, 0.4) is 0 Å². The van der Waals surface area contributed by atoms with E-state index in [0.29, 0.717) is 5.56 Å². The highest BCUT2D eigenvalue weighted by Crippen LogP contribution is 2.65. The molecule has 4 nitrogen and oxygen atoms in total. The van der Waals surface area contributed by atoms with Crippen LogP contribution in [0.1, 0.15) is 21.8 Å². The number of hydrogen-bond acceptors (Lipinski definition) is 2. The van der Waals surface area contributed by atoms with E-state index in [-0.39, 0.29) is 5.02 Å². The van der Waals surface area contributed by atoms with Crippen LogP contribution in [-0.2, 0) is 4.79 Å². The summed E-state index contributed by atoms with van der Waals surface area (Å²) in [5, 5.41) is 2.50. The van der Waals surface area contributed by atoms with Crippen molar-refractivity contribution in [2.45, 2.75) is 22.4 Å². The first-order chi connectivity index (χ1) is 16.0. The first-order valence-corrected chi connectivity index (χ1v) is 10.8. The van der Waals surface area contributed by atoms with Crippen LogP contribution >= 0.6 is 46.4 Å². The van der Waals surface area contributed by atoms with Gasteiger partial charge >= 0.3 is 12.1 Å². The second-order valence-electron chi connectivity index (χ2n) is 7.46. The molecule has 35 heavy (non-hydrogen) atoms. The Hall–Kier alpha value is -1.95. The molecule has 0 aliphatic heterocycles. The number of rotatable bonds is 6. The third kappa shape index (κ3) is 5.42. The van der Waals surface area contributed by atoms with Gasteiger partial charge in [0.1, 0.15) is 10.2 Å². The lowest BCUT2D eigenvalue weighted by Gasteiger charge is -2.20. The van der Waals surface area contributed by atoms with Crippen molar-refractivity contribution in [3.05, 3.63) is 63.1 Å². The molecular weight excluding hydrogens is 575 g/mol. The molecule has 3 rings (SSSR count). The van der Waals surface area contributed by atoms with E-state index < -0.39 is 74.5 Å². The maximum atomic E-state index is 14.9. The number of alkyl halides is 7. The number of anilines is 1. The lowest BCUT2D eigenvalue weighted by atomic mass is 10.1. The van der Waals surface area contributed by atoms with Gasteiger partial charge in [0.15, 0.2) is 5.82 Å². The van der Waals surface area contributed by atoms with Crippen molar-refractivity contribution in [1.29, 1.82) is 0 Å². The van der Waals surface area contributed by atoms with Gasteiger partial charge in [-0.3, -0.25) is 9.59 Å². The molecule has 0 saturated heterocycles.